The van der Waals surface area contributed by atoms with E-state index in [2.05, 4.69) is 0 Å². The molecule has 45 heavy (non-hydrogen) atoms. The Morgan fingerprint density at radius 1 is 1.00 bits per heavy atom. The van der Waals surface area contributed by atoms with Gasteiger partial charge in [0.25, 0.3) is 5.91 Å². The van der Waals surface area contributed by atoms with Gasteiger partial charge in [0, 0.05) is 5.56 Å². The van der Waals surface area contributed by atoms with E-state index in [4.69, 9.17) is 31.4 Å². The fraction of sp³-hybridized carbons (Fsp3) is 0.355. The third-order valence-corrected chi connectivity index (χ3v) is 9.13. The van der Waals surface area contributed by atoms with Crippen molar-refractivity contribution in [2.24, 2.45) is 22.6 Å². The number of primary amides is 1. The zero-order valence-corrected chi connectivity index (χ0v) is 25.2. The summed E-state index contributed by atoms with van der Waals surface area (Å²) in [5.41, 5.74) is 12.1. The molecular weight excluding hydrogens is 586 g/mol. The molecule has 0 spiro atoms. The first kappa shape index (κ1) is 31.3. The van der Waals surface area contributed by atoms with Gasteiger partial charge in [-0.15, -0.1) is 0 Å². The summed E-state index contributed by atoms with van der Waals surface area (Å²) >= 11 is 0. The number of hydrogen-bond acceptors (Lipinski definition) is 13. The standard InChI is InChI=1S/C31H33N5O9/c1-36(2)25-22(39)19(28(33)42)26(40)30(12-32)27(41)20-21(38)18-15(10-29(20,34)11-31(25,30)35)13(6-8-16(18)37)14-7-9-17(43-3)24(45-5)23(14)44-4/h6-9,25,37-38,40H,10-11,34-35H2,1-5H3,(H2,33,42)/t25-,29-,30+,31-/m1/s1. The number of methoxy groups -OCH3 is 3. The first-order valence-corrected chi connectivity index (χ1v) is 13.7. The molecule has 1 amide bonds. The molecule has 14 heteroatoms. The highest BCUT2D eigenvalue weighted by Crippen LogP contribution is 2.59. The van der Waals surface area contributed by atoms with Crippen LogP contribution in [0.5, 0.6) is 23.0 Å². The third kappa shape index (κ3) is 3.81. The Morgan fingerprint density at radius 2 is 1.62 bits per heavy atom. The fourth-order valence-electron chi connectivity index (χ4n) is 7.40. The number of hydrogen-bond donors (Lipinski definition) is 6. The molecule has 4 atom stereocenters. The second kappa shape index (κ2) is 10.2. The molecule has 2 aromatic rings. The summed E-state index contributed by atoms with van der Waals surface area (Å²) in [4.78, 5) is 41.8. The molecule has 1 fully saturated rings. The van der Waals surface area contributed by atoms with Gasteiger partial charge >= 0.3 is 0 Å². The van der Waals surface area contributed by atoms with Crippen LogP contribution in [0.3, 0.4) is 0 Å². The van der Waals surface area contributed by atoms with Crippen LogP contribution in [0, 0.1) is 16.7 Å². The maximum absolute atomic E-state index is 14.5. The quantitative estimate of drug-likeness (QED) is 0.243. The van der Waals surface area contributed by atoms with Crippen molar-refractivity contribution in [1.29, 1.82) is 5.26 Å². The molecule has 9 N–H and O–H groups in total. The van der Waals surface area contributed by atoms with E-state index in [0.717, 1.165) is 0 Å². The summed E-state index contributed by atoms with van der Waals surface area (Å²) in [6.45, 7) is 0. The van der Waals surface area contributed by atoms with Crippen molar-refractivity contribution in [1.82, 2.24) is 4.90 Å². The van der Waals surface area contributed by atoms with Crippen molar-refractivity contribution in [3.8, 4) is 40.2 Å². The van der Waals surface area contributed by atoms with Gasteiger partial charge in [-0.05, 0) is 56.3 Å². The summed E-state index contributed by atoms with van der Waals surface area (Å²) in [6.07, 6.45) is -0.725. The van der Waals surface area contributed by atoms with E-state index in [1.165, 1.54) is 46.4 Å². The number of aliphatic hydroxyl groups excluding tert-OH is 2. The number of carbonyl (C=O) groups is 3. The van der Waals surface area contributed by atoms with Gasteiger partial charge < -0.3 is 46.7 Å². The first-order chi connectivity index (χ1) is 21.1. The zero-order chi connectivity index (χ0) is 33.4. The molecular formula is C31H33N5O9. The van der Waals surface area contributed by atoms with Gasteiger partial charge in [-0.1, -0.05) is 6.07 Å². The molecule has 236 valence electrons. The molecule has 0 aromatic heterocycles. The molecule has 14 nitrogen and oxygen atoms in total. The van der Waals surface area contributed by atoms with Crippen molar-refractivity contribution < 1.29 is 43.9 Å². The van der Waals surface area contributed by atoms with E-state index in [0.29, 0.717) is 22.4 Å². The Hall–Kier alpha value is -5.10. The van der Waals surface area contributed by atoms with Gasteiger partial charge in [-0.3, -0.25) is 19.3 Å². The minimum atomic E-state index is -2.75. The van der Waals surface area contributed by atoms with Gasteiger partial charge in [-0.25, -0.2) is 0 Å². The van der Waals surface area contributed by atoms with Gasteiger partial charge in [0.2, 0.25) is 5.75 Å². The van der Waals surface area contributed by atoms with Gasteiger partial charge in [0.05, 0.1) is 55.7 Å². The lowest BCUT2D eigenvalue weighted by Gasteiger charge is -2.58. The Balaban J connectivity index is 1.86. The summed E-state index contributed by atoms with van der Waals surface area (Å²) in [5, 5.41) is 44.7. The maximum Gasteiger partial charge on any atom is 0.255 e. The molecule has 1 saturated carbocycles. The van der Waals surface area contributed by atoms with E-state index >= 15 is 0 Å². The number of ketones is 2. The predicted octanol–water partition coefficient (Wildman–Crippen LogP) is 0.598. The number of fused-ring (bicyclic) bond motifs is 3. The number of Topliss-reactive ketones (excluding diaryl/α,β-unsaturated/α-hetero) is 2. The highest BCUT2D eigenvalue weighted by atomic mass is 16.5. The van der Waals surface area contributed by atoms with Crippen LogP contribution in [0.4, 0.5) is 0 Å². The minimum absolute atomic E-state index is 0.152. The second-order valence-corrected chi connectivity index (χ2v) is 11.7. The van der Waals surface area contributed by atoms with Crippen molar-refractivity contribution >= 4 is 23.2 Å². The molecule has 3 aliphatic carbocycles. The average molecular weight is 620 g/mol. The van der Waals surface area contributed by atoms with Crippen LogP contribution >= 0.6 is 0 Å². The van der Waals surface area contributed by atoms with Crippen LogP contribution in [-0.4, -0.2) is 90.2 Å². The van der Waals surface area contributed by atoms with Crippen molar-refractivity contribution in [2.45, 2.75) is 30.0 Å². The molecule has 3 aliphatic rings. The van der Waals surface area contributed by atoms with Crippen molar-refractivity contribution in [3.63, 3.8) is 0 Å². The van der Waals surface area contributed by atoms with Crippen LogP contribution in [0.2, 0.25) is 0 Å². The highest BCUT2D eigenvalue weighted by molar-refractivity contribution is 6.25. The van der Waals surface area contributed by atoms with Gasteiger partial charge in [0.1, 0.15) is 22.8 Å². The molecule has 2 aromatic carbocycles. The van der Waals surface area contributed by atoms with E-state index < -0.39 is 74.8 Å². The van der Waals surface area contributed by atoms with Crippen molar-refractivity contribution in [2.75, 3.05) is 35.4 Å². The second-order valence-electron chi connectivity index (χ2n) is 11.7. The molecule has 5 rings (SSSR count). The minimum Gasteiger partial charge on any atom is -0.509 e. The van der Waals surface area contributed by atoms with Gasteiger partial charge in [-0.2, -0.15) is 5.26 Å². The summed E-state index contributed by atoms with van der Waals surface area (Å²) in [5.74, 6) is -5.05. The number of nitrogens with zero attached hydrogens (tertiary/aromatic N) is 2. The van der Waals surface area contributed by atoms with Crippen LogP contribution in [-0.2, 0) is 20.8 Å². The van der Waals surface area contributed by atoms with Crippen molar-refractivity contribution in [3.05, 3.63) is 52.3 Å². The number of ether oxygens (including phenoxy) is 3. The van der Waals surface area contributed by atoms with Crippen LogP contribution in [0.25, 0.3) is 16.9 Å². The lowest BCUT2D eigenvalue weighted by atomic mass is 9.47. The van der Waals surface area contributed by atoms with E-state index in [1.807, 2.05) is 0 Å². The normalized spacial score (nSPS) is 27.4. The number of aliphatic hydroxyl groups is 2. The summed E-state index contributed by atoms with van der Waals surface area (Å²) in [6, 6.07) is 6.44. The molecule has 0 unspecified atom stereocenters. The maximum atomic E-state index is 14.5. The number of nitrogens with two attached hydrogens (primary N) is 3. The number of nitriles is 1. The molecule has 0 aliphatic heterocycles. The summed E-state index contributed by atoms with van der Waals surface area (Å²) in [7, 11) is 7.22. The van der Waals surface area contributed by atoms with Gasteiger partial charge in [0.15, 0.2) is 28.5 Å². The Labute approximate surface area is 257 Å². The number of likely N-dealkylation sites (N-methyl/N-ethyl adjacent to an activating group) is 1. The lowest BCUT2D eigenvalue weighted by Crippen LogP contribution is -2.80. The number of carbonyl (C=O) groups excluding carboxylic acids is 3. The molecule has 0 heterocycles. The lowest BCUT2D eigenvalue weighted by molar-refractivity contribution is -0.139. The number of rotatable bonds is 6. The van der Waals surface area contributed by atoms with Crippen LogP contribution in [0.1, 0.15) is 17.5 Å². The van der Waals surface area contributed by atoms with E-state index in [9.17, 15) is 35.0 Å². The first-order valence-electron chi connectivity index (χ1n) is 13.7. The van der Waals surface area contributed by atoms with Crippen LogP contribution in [0.15, 0.2) is 41.2 Å². The number of phenols is 1. The Kier molecular flexibility index (Phi) is 7.12. The smallest absolute Gasteiger partial charge is 0.255 e. The monoisotopic (exact) mass is 619 g/mol. The number of amides is 1. The van der Waals surface area contributed by atoms with E-state index in [-0.39, 0.29) is 23.5 Å². The average Bonchev–Trinajstić information content (AvgIpc) is 2.95. The molecule has 0 radical (unpaired) electrons. The molecule has 0 bridgehead atoms. The van der Waals surface area contributed by atoms with E-state index in [1.54, 1.807) is 24.3 Å². The topological polar surface area (TPSA) is 245 Å². The number of benzene rings is 2. The summed E-state index contributed by atoms with van der Waals surface area (Å²) < 4.78 is 16.6. The largest absolute Gasteiger partial charge is 0.509 e. The third-order valence-electron chi connectivity index (χ3n) is 9.13. The fourth-order valence-corrected chi connectivity index (χ4v) is 7.40. The number of phenolic OH excluding ortho intramolecular Hbond substituents is 1. The predicted molar refractivity (Wildman–Crippen MR) is 159 cm³/mol. The van der Waals surface area contributed by atoms with Crippen LogP contribution < -0.4 is 31.4 Å². The molecule has 0 saturated heterocycles. The Bertz CT molecular complexity index is 1810. The zero-order valence-electron chi connectivity index (χ0n) is 25.2. The Morgan fingerprint density at radius 3 is 2.16 bits per heavy atom. The highest BCUT2D eigenvalue weighted by Gasteiger charge is 2.74. The number of aromatic hydroxyl groups is 1. The SMILES string of the molecule is COc1ccc(-c2ccc(O)c3c2C[C@@]2(N)C[C@@]4(N)[C@H](N(C)C)C(=O)C(C(N)=O)=C(O)[C@@]4(C#N)C(=O)C2=C3O)c(OC)c1OC.